The molecule has 0 heterocycles. The van der Waals surface area contributed by atoms with Gasteiger partial charge >= 0.3 is 18.3 Å². The van der Waals surface area contributed by atoms with Crippen LogP contribution in [0.5, 0.6) is 0 Å². The fourth-order valence-corrected chi connectivity index (χ4v) is 2.94. The second-order valence-electron chi connectivity index (χ2n) is 5.66. The van der Waals surface area contributed by atoms with E-state index in [0.717, 1.165) is 12.1 Å². The number of alkyl halides is 6. The van der Waals surface area contributed by atoms with Crippen LogP contribution in [-0.2, 0) is 6.18 Å². The zero-order valence-corrected chi connectivity index (χ0v) is 15.2. The number of rotatable bonds is 4. The first-order chi connectivity index (χ1) is 12.8. The van der Waals surface area contributed by atoms with Gasteiger partial charge in [0, 0.05) is 4.47 Å². The van der Waals surface area contributed by atoms with Gasteiger partial charge in [0.15, 0.2) is 0 Å². The third-order valence-corrected chi connectivity index (χ3v) is 4.37. The van der Waals surface area contributed by atoms with Crippen LogP contribution in [0.2, 0.25) is 0 Å². The van der Waals surface area contributed by atoms with Crippen molar-refractivity contribution in [3.63, 3.8) is 0 Å². The Kier molecular flexibility index (Phi) is 6.22. The minimum atomic E-state index is -5.14. The van der Waals surface area contributed by atoms with Crippen molar-refractivity contribution in [2.45, 2.75) is 18.3 Å². The number of halogens is 8. The molecule has 0 radical (unpaired) electrons. The molecule has 1 atom stereocenters. The first-order valence-electron chi connectivity index (χ1n) is 7.45. The summed E-state index contributed by atoms with van der Waals surface area (Å²) in [6.45, 7) is 0. The topological polar surface area (TPSA) is 37.3 Å². The molecule has 0 saturated heterocycles. The van der Waals surface area contributed by atoms with Crippen LogP contribution in [0.4, 0.5) is 30.7 Å². The van der Waals surface area contributed by atoms with Crippen LogP contribution in [-0.4, -0.2) is 17.3 Å². The lowest BCUT2D eigenvalue weighted by Crippen LogP contribution is -2.20. The molecule has 0 aliphatic carbocycles. The summed E-state index contributed by atoms with van der Waals surface area (Å²) >= 11 is 2.97. The van der Waals surface area contributed by atoms with E-state index in [1.54, 1.807) is 0 Å². The number of carbonyl (C=O) groups is 1. The average Bonchev–Trinajstić information content (AvgIpc) is 2.53. The van der Waals surface area contributed by atoms with Gasteiger partial charge in [-0.1, -0.05) is 24.3 Å². The third-order valence-electron chi connectivity index (χ3n) is 3.71. The molecule has 0 saturated carbocycles. The van der Waals surface area contributed by atoms with Crippen molar-refractivity contribution in [3.8, 4) is 0 Å². The molecule has 1 N–H and O–H groups in total. The number of benzene rings is 2. The van der Waals surface area contributed by atoms with Crippen molar-refractivity contribution < 1.29 is 40.6 Å². The van der Waals surface area contributed by atoms with Gasteiger partial charge in [-0.25, -0.2) is 9.18 Å². The van der Waals surface area contributed by atoms with E-state index >= 15 is 0 Å². The Balaban J connectivity index is 2.45. The van der Waals surface area contributed by atoms with Gasteiger partial charge < -0.3 is 5.11 Å². The summed E-state index contributed by atoms with van der Waals surface area (Å²) in [5.74, 6) is -5.34. The van der Waals surface area contributed by atoms with Gasteiger partial charge in [-0.05, 0) is 51.3 Å². The number of carboxylic acids is 1. The number of hydrogen-bond acceptors (Lipinski definition) is 1. The van der Waals surface area contributed by atoms with Gasteiger partial charge in [0.1, 0.15) is 5.82 Å². The number of aromatic carboxylic acids is 1. The molecule has 10 heteroatoms. The fourth-order valence-electron chi connectivity index (χ4n) is 2.38. The van der Waals surface area contributed by atoms with E-state index in [0.29, 0.717) is 18.2 Å². The van der Waals surface area contributed by atoms with Crippen LogP contribution in [0.15, 0.2) is 46.9 Å². The van der Waals surface area contributed by atoms with Crippen molar-refractivity contribution in [3.05, 3.63) is 75.0 Å². The first-order valence-corrected chi connectivity index (χ1v) is 8.24. The fraction of sp³-hybridized carbons (Fsp3) is 0.167. The predicted molar refractivity (Wildman–Crippen MR) is 90.3 cm³/mol. The molecule has 0 spiro atoms. The van der Waals surface area contributed by atoms with Crippen LogP contribution < -0.4 is 0 Å². The monoisotopic (exact) mass is 470 g/mol. The number of allylic oxidation sites excluding steroid dienone is 1. The summed E-state index contributed by atoms with van der Waals surface area (Å²) in [5.41, 5.74) is -2.50. The molecule has 0 bridgehead atoms. The van der Waals surface area contributed by atoms with Gasteiger partial charge in [0.05, 0.1) is 17.0 Å². The molecule has 0 fully saturated rings. The van der Waals surface area contributed by atoms with Crippen molar-refractivity contribution in [1.82, 2.24) is 0 Å². The molecule has 0 aliphatic rings. The van der Waals surface area contributed by atoms with E-state index in [4.69, 9.17) is 5.11 Å². The van der Waals surface area contributed by atoms with E-state index in [1.165, 1.54) is 12.1 Å². The highest BCUT2D eigenvalue weighted by Crippen LogP contribution is 2.40. The van der Waals surface area contributed by atoms with Gasteiger partial charge in [-0.15, -0.1) is 0 Å². The van der Waals surface area contributed by atoms with Crippen molar-refractivity contribution in [2.75, 3.05) is 0 Å². The zero-order chi connectivity index (χ0) is 21.3. The summed E-state index contributed by atoms with van der Waals surface area (Å²) in [7, 11) is 0. The molecule has 0 aliphatic heterocycles. The third kappa shape index (κ3) is 5.12. The molecule has 1 unspecified atom stereocenters. The van der Waals surface area contributed by atoms with Crippen LogP contribution in [0, 0.1) is 5.82 Å². The van der Waals surface area contributed by atoms with Gasteiger partial charge in [0.2, 0.25) is 0 Å². The molecule has 2 rings (SSSR count). The maximum absolute atomic E-state index is 13.4. The second kappa shape index (κ2) is 7.94. The van der Waals surface area contributed by atoms with Gasteiger partial charge in [-0.3, -0.25) is 0 Å². The Labute approximate surface area is 162 Å². The molecular formula is C18H10BrF7O2. The highest BCUT2D eigenvalue weighted by Gasteiger charge is 2.41. The molecular weight excluding hydrogens is 461 g/mol. The minimum absolute atomic E-state index is 0.113. The molecule has 2 aromatic carbocycles. The predicted octanol–water partition coefficient (Wildman–Crippen LogP) is 6.66. The standard InChI is InChI=1S/C18H10BrF7O2/c19-14-7-9(1-4-11(14)16(27)28)2-5-12(17(21,22)23)10-3-6-15(20)13(8-10)18(24,25)26/h1-8,12H,(H,27,28). The summed E-state index contributed by atoms with van der Waals surface area (Å²) < 4.78 is 92.0. The number of carboxylic acid groups (broad SMARTS) is 1. The van der Waals surface area contributed by atoms with Crippen molar-refractivity contribution in [2.24, 2.45) is 0 Å². The minimum Gasteiger partial charge on any atom is -0.478 e. The largest absolute Gasteiger partial charge is 0.478 e. The molecule has 0 amide bonds. The lowest BCUT2D eigenvalue weighted by Gasteiger charge is -2.19. The Hall–Kier alpha value is -2.36. The van der Waals surface area contributed by atoms with Crippen LogP contribution in [0.25, 0.3) is 6.08 Å². The lowest BCUT2D eigenvalue weighted by atomic mass is 9.95. The Morgan fingerprint density at radius 2 is 1.68 bits per heavy atom. The Morgan fingerprint density at radius 3 is 2.18 bits per heavy atom. The molecule has 150 valence electrons. The van der Waals surface area contributed by atoms with Crippen molar-refractivity contribution in [1.29, 1.82) is 0 Å². The SMILES string of the molecule is O=C(O)c1ccc(C=CC(c2ccc(F)c(C(F)(F)F)c2)C(F)(F)F)cc1Br. The van der Waals surface area contributed by atoms with Gasteiger partial charge in [0.25, 0.3) is 0 Å². The maximum atomic E-state index is 13.4. The van der Waals surface area contributed by atoms with E-state index in [1.807, 2.05) is 0 Å². The molecule has 28 heavy (non-hydrogen) atoms. The molecule has 2 nitrogen and oxygen atoms in total. The van der Waals surface area contributed by atoms with Crippen LogP contribution >= 0.6 is 15.9 Å². The summed E-state index contributed by atoms with van der Waals surface area (Å²) in [4.78, 5) is 10.9. The van der Waals surface area contributed by atoms with Gasteiger partial charge in [-0.2, -0.15) is 26.3 Å². The quantitative estimate of drug-likeness (QED) is 0.507. The lowest BCUT2D eigenvalue weighted by molar-refractivity contribution is -0.143. The van der Waals surface area contributed by atoms with Crippen molar-refractivity contribution >= 4 is 28.0 Å². The highest BCUT2D eigenvalue weighted by atomic mass is 79.9. The molecule has 2 aromatic rings. The van der Waals surface area contributed by atoms with Crippen LogP contribution in [0.1, 0.15) is 33.0 Å². The first kappa shape index (κ1) is 21.9. The summed E-state index contributed by atoms with van der Waals surface area (Å²) in [6, 6.07) is 4.75. The Morgan fingerprint density at radius 1 is 1.04 bits per heavy atom. The van der Waals surface area contributed by atoms with E-state index in [2.05, 4.69) is 15.9 Å². The van der Waals surface area contributed by atoms with E-state index < -0.39 is 41.2 Å². The normalized spacial score (nSPS) is 13.7. The second-order valence-corrected chi connectivity index (χ2v) is 6.51. The van der Waals surface area contributed by atoms with E-state index in [-0.39, 0.29) is 21.7 Å². The van der Waals surface area contributed by atoms with E-state index in [9.17, 15) is 35.5 Å². The smallest absolute Gasteiger partial charge is 0.419 e. The zero-order valence-electron chi connectivity index (χ0n) is 13.6. The average molecular weight is 471 g/mol. The number of hydrogen-bond donors (Lipinski definition) is 1. The summed E-state index contributed by atoms with van der Waals surface area (Å²) in [5, 5.41) is 8.92. The van der Waals surface area contributed by atoms with Crippen LogP contribution in [0.3, 0.4) is 0 Å². The maximum Gasteiger partial charge on any atom is 0.419 e. The summed E-state index contributed by atoms with van der Waals surface area (Å²) in [6.07, 6.45) is -8.46. The Bertz CT molecular complexity index is 917. The highest BCUT2D eigenvalue weighted by molar-refractivity contribution is 9.10. The molecule has 0 aromatic heterocycles.